The van der Waals surface area contributed by atoms with Crippen LogP contribution in [0.25, 0.3) is 0 Å². The predicted molar refractivity (Wildman–Crippen MR) is 78.0 cm³/mol. The smallest absolute Gasteiger partial charge is 0.123 e. The van der Waals surface area contributed by atoms with Crippen molar-refractivity contribution in [3.8, 4) is 11.8 Å². The second kappa shape index (κ2) is 7.25. The summed E-state index contributed by atoms with van der Waals surface area (Å²) in [5.41, 5.74) is 0.841. The fourth-order valence-corrected chi connectivity index (χ4v) is 2.07. The maximum atomic E-state index is 13.4. The van der Waals surface area contributed by atoms with Crippen LogP contribution in [0.2, 0.25) is 0 Å². The Balaban J connectivity index is 2.69. The minimum absolute atomic E-state index is 0.0120. The zero-order valence-electron chi connectivity index (χ0n) is 12.7. The van der Waals surface area contributed by atoms with Gasteiger partial charge in [-0.15, -0.1) is 0 Å². The summed E-state index contributed by atoms with van der Waals surface area (Å²) in [5, 5.41) is 12.0. The minimum Gasteiger partial charge on any atom is -0.496 e. The summed E-state index contributed by atoms with van der Waals surface area (Å²) in [6.45, 7) is 6.98. The molecule has 1 aromatic carbocycles. The number of nitrogens with zero attached hydrogens (tertiary/aromatic N) is 1. The zero-order valence-corrected chi connectivity index (χ0v) is 12.7. The van der Waals surface area contributed by atoms with E-state index in [1.54, 1.807) is 13.2 Å². The highest BCUT2D eigenvalue weighted by molar-refractivity contribution is 5.36. The van der Waals surface area contributed by atoms with Gasteiger partial charge in [0.05, 0.1) is 13.2 Å². The van der Waals surface area contributed by atoms with Gasteiger partial charge in [0.25, 0.3) is 0 Å². The van der Waals surface area contributed by atoms with Crippen LogP contribution in [0.4, 0.5) is 4.39 Å². The SMILES string of the molecule is COc1ccc(F)cc1C(C)NCC(C)(C)CCC#N. The third-order valence-corrected chi connectivity index (χ3v) is 3.46. The van der Waals surface area contributed by atoms with Crippen LogP contribution in [0.3, 0.4) is 0 Å². The lowest BCUT2D eigenvalue weighted by molar-refractivity contribution is 0.302. The van der Waals surface area contributed by atoms with E-state index in [1.165, 1.54) is 12.1 Å². The fourth-order valence-electron chi connectivity index (χ4n) is 2.07. The molecule has 3 nitrogen and oxygen atoms in total. The molecule has 4 heteroatoms. The van der Waals surface area contributed by atoms with E-state index in [0.717, 1.165) is 18.5 Å². The first-order valence-corrected chi connectivity index (χ1v) is 6.83. The van der Waals surface area contributed by atoms with Gasteiger partial charge in [0.2, 0.25) is 0 Å². The lowest BCUT2D eigenvalue weighted by atomic mass is 9.87. The molecule has 1 rings (SSSR count). The van der Waals surface area contributed by atoms with Crippen LogP contribution < -0.4 is 10.1 Å². The van der Waals surface area contributed by atoms with Crippen molar-refractivity contribution in [2.45, 2.75) is 39.7 Å². The Hall–Kier alpha value is -1.60. The van der Waals surface area contributed by atoms with Gasteiger partial charge in [-0.3, -0.25) is 0 Å². The van der Waals surface area contributed by atoms with Gasteiger partial charge in [0.1, 0.15) is 11.6 Å². The Morgan fingerprint density at radius 1 is 1.45 bits per heavy atom. The summed E-state index contributed by atoms with van der Waals surface area (Å²) in [6, 6.07) is 6.70. The molecule has 20 heavy (non-hydrogen) atoms. The first-order valence-electron chi connectivity index (χ1n) is 6.83. The van der Waals surface area contributed by atoms with Gasteiger partial charge in [-0.05, 0) is 37.0 Å². The highest BCUT2D eigenvalue weighted by Gasteiger charge is 2.20. The van der Waals surface area contributed by atoms with Gasteiger partial charge in [-0.25, -0.2) is 4.39 Å². The Morgan fingerprint density at radius 3 is 2.75 bits per heavy atom. The maximum absolute atomic E-state index is 13.4. The van der Waals surface area contributed by atoms with E-state index in [4.69, 9.17) is 10.00 Å². The average molecular weight is 278 g/mol. The minimum atomic E-state index is -0.266. The molecular weight excluding hydrogens is 255 g/mol. The number of hydrogen-bond donors (Lipinski definition) is 1. The number of benzene rings is 1. The van der Waals surface area contributed by atoms with E-state index in [0.29, 0.717) is 12.2 Å². The second-order valence-corrected chi connectivity index (χ2v) is 5.81. The standard InChI is InChI=1S/C16H23FN2O/c1-12(19-11-16(2,3)8-5-9-18)14-10-13(17)6-7-15(14)20-4/h6-7,10,12,19H,5,8,11H2,1-4H3. The number of hydrogen-bond acceptors (Lipinski definition) is 3. The van der Waals surface area contributed by atoms with Crippen molar-refractivity contribution in [3.63, 3.8) is 0 Å². The molecule has 0 saturated heterocycles. The number of methoxy groups -OCH3 is 1. The van der Waals surface area contributed by atoms with Crippen molar-refractivity contribution in [2.75, 3.05) is 13.7 Å². The second-order valence-electron chi connectivity index (χ2n) is 5.81. The monoisotopic (exact) mass is 278 g/mol. The molecule has 0 aliphatic heterocycles. The van der Waals surface area contributed by atoms with Crippen molar-refractivity contribution in [1.29, 1.82) is 5.26 Å². The molecule has 0 fully saturated rings. The Labute approximate surface area is 120 Å². The molecule has 1 N–H and O–H groups in total. The van der Waals surface area contributed by atoms with Gasteiger partial charge in [0, 0.05) is 24.6 Å². The van der Waals surface area contributed by atoms with Crippen LogP contribution in [0.15, 0.2) is 18.2 Å². The van der Waals surface area contributed by atoms with Crippen molar-refractivity contribution in [1.82, 2.24) is 5.32 Å². The molecule has 0 amide bonds. The average Bonchev–Trinajstić information content (AvgIpc) is 2.42. The fraction of sp³-hybridized carbons (Fsp3) is 0.562. The van der Waals surface area contributed by atoms with E-state index in [2.05, 4.69) is 25.2 Å². The lowest BCUT2D eigenvalue weighted by Gasteiger charge is -2.27. The third kappa shape index (κ3) is 4.82. The van der Waals surface area contributed by atoms with Crippen molar-refractivity contribution in [3.05, 3.63) is 29.6 Å². The third-order valence-electron chi connectivity index (χ3n) is 3.46. The topological polar surface area (TPSA) is 45.0 Å². The number of nitriles is 1. The largest absolute Gasteiger partial charge is 0.496 e. The van der Waals surface area contributed by atoms with E-state index >= 15 is 0 Å². The molecule has 0 bridgehead atoms. The Morgan fingerprint density at radius 2 is 2.15 bits per heavy atom. The van der Waals surface area contributed by atoms with E-state index in [-0.39, 0.29) is 17.3 Å². The van der Waals surface area contributed by atoms with Crippen LogP contribution in [-0.2, 0) is 0 Å². The molecule has 0 spiro atoms. The molecule has 0 saturated carbocycles. The summed E-state index contributed by atoms with van der Waals surface area (Å²) >= 11 is 0. The lowest BCUT2D eigenvalue weighted by Crippen LogP contribution is -2.31. The molecular formula is C16H23FN2O. The molecule has 0 aromatic heterocycles. The van der Waals surface area contributed by atoms with Gasteiger partial charge in [-0.2, -0.15) is 5.26 Å². The summed E-state index contributed by atoms with van der Waals surface area (Å²) in [5.74, 6) is 0.416. The molecule has 1 atom stereocenters. The molecule has 0 radical (unpaired) electrons. The van der Waals surface area contributed by atoms with Crippen LogP contribution in [0.1, 0.15) is 45.2 Å². The highest BCUT2D eigenvalue weighted by Crippen LogP contribution is 2.27. The molecule has 0 aliphatic rings. The van der Waals surface area contributed by atoms with Crippen LogP contribution in [0.5, 0.6) is 5.75 Å². The van der Waals surface area contributed by atoms with Crippen LogP contribution in [-0.4, -0.2) is 13.7 Å². The van der Waals surface area contributed by atoms with Gasteiger partial charge in [0.15, 0.2) is 0 Å². The normalized spacial score (nSPS) is 12.8. The molecule has 0 heterocycles. The van der Waals surface area contributed by atoms with Gasteiger partial charge >= 0.3 is 0 Å². The van der Waals surface area contributed by atoms with Gasteiger partial charge < -0.3 is 10.1 Å². The number of nitrogens with one attached hydrogen (secondary N) is 1. The summed E-state index contributed by atoms with van der Waals surface area (Å²) < 4.78 is 18.6. The van der Waals surface area contributed by atoms with Crippen LogP contribution >= 0.6 is 0 Å². The highest BCUT2D eigenvalue weighted by atomic mass is 19.1. The summed E-state index contributed by atoms with van der Waals surface area (Å²) in [4.78, 5) is 0. The Bertz CT molecular complexity index is 480. The first kappa shape index (κ1) is 16.5. The summed E-state index contributed by atoms with van der Waals surface area (Å²) in [6.07, 6.45) is 1.38. The Kier molecular flexibility index (Phi) is 5.97. The molecule has 1 unspecified atom stereocenters. The van der Waals surface area contributed by atoms with Gasteiger partial charge in [-0.1, -0.05) is 13.8 Å². The number of rotatable bonds is 7. The number of ether oxygens (including phenoxy) is 1. The first-order chi connectivity index (χ1) is 9.39. The predicted octanol–water partition coefficient (Wildman–Crippen LogP) is 3.81. The van der Waals surface area contributed by atoms with Crippen LogP contribution in [0, 0.1) is 22.6 Å². The number of halogens is 1. The molecule has 1 aromatic rings. The van der Waals surface area contributed by atoms with E-state index < -0.39 is 0 Å². The molecule has 0 aliphatic carbocycles. The quantitative estimate of drug-likeness (QED) is 0.824. The maximum Gasteiger partial charge on any atom is 0.123 e. The van der Waals surface area contributed by atoms with E-state index in [1.807, 2.05) is 6.92 Å². The van der Waals surface area contributed by atoms with Crippen molar-refractivity contribution < 1.29 is 9.13 Å². The van der Waals surface area contributed by atoms with Crippen molar-refractivity contribution >= 4 is 0 Å². The molecule has 110 valence electrons. The summed E-state index contributed by atoms with van der Waals surface area (Å²) in [7, 11) is 1.58. The van der Waals surface area contributed by atoms with Crippen molar-refractivity contribution in [2.24, 2.45) is 5.41 Å². The van der Waals surface area contributed by atoms with E-state index in [9.17, 15) is 4.39 Å². The zero-order chi connectivity index (χ0) is 15.2.